The Hall–Kier alpha value is -4.76. The first-order chi connectivity index (χ1) is 20.1. The van der Waals surface area contributed by atoms with E-state index in [0.717, 1.165) is 23.4 Å². The number of pyridine rings is 1. The first-order valence-electron chi connectivity index (χ1n) is 12.6. The summed E-state index contributed by atoms with van der Waals surface area (Å²) in [6.07, 6.45) is 4.45. The number of hydrogen-bond donors (Lipinski definition) is 3. The van der Waals surface area contributed by atoms with Crippen LogP contribution in [0.4, 0.5) is 24.5 Å². The number of rotatable bonds is 7. The highest BCUT2D eigenvalue weighted by molar-refractivity contribution is 7.85. The fraction of sp³-hybridized carbons (Fsp3) is 0.214. The molecule has 0 bridgehead atoms. The van der Waals surface area contributed by atoms with Gasteiger partial charge in [0.1, 0.15) is 17.0 Å². The lowest BCUT2D eigenvalue weighted by molar-refractivity contribution is -0.131. The molecule has 15 heteroatoms. The van der Waals surface area contributed by atoms with Crippen LogP contribution in [0, 0.1) is 29.8 Å². The lowest BCUT2D eigenvalue weighted by Crippen LogP contribution is -2.35. The van der Waals surface area contributed by atoms with E-state index in [0.29, 0.717) is 17.6 Å². The number of halogens is 3. The molecule has 5 rings (SSSR count). The summed E-state index contributed by atoms with van der Waals surface area (Å²) < 4.78 is 75.9. The first-order valence-corrected chi connectivity index (χ1v) is 14.4. The zero-order valence-electron chi connectivity index (χ0n) is 23.1. The summed E-state index contributed by atoms with van der Waals surface area (Å²) in [6.45, 7) is 1.82. The summed E-state index contributed by atoms with van der Waals surface area (Å²) in [5.74, 6) is -3.88. The smallest absolute Gasteiger partial charge is 0.261 e. The molecule has 0 radical (unpaired) electrons. The number of nitrogens with zero attached hydrogens (tertiary/aromatic N) is 3. The standard InChI is InChI=1S/C27H22F3N5O3.CH4O3S/c1-15-19(14-35(2)34-15)22-11-18(7-10-31-22)38-24-13-20(29)23(12-21(24)30)33-26(37)27(8-9-27)25(36)32-17-5-3-16(28)4-6-17;1-5(2,3)4/h3-7,10-14H,8-9H2,1-2H3,(H,32,36)(H,33,37);1H3,(H,2,3,4). The Morgan fingerprint density at radius 2 is 1.63 bits per heavy atom. The number of anilines is 2. The molecule has 0 aliphatic heterocycles. The Kier molecular flexibility index (Phi) is 8.87. The Bertz CT molecular complexity index is 1780. The molecule has 2 amide bonds. The summed E-state index contributed by atoms with van der Waals surface area (Å²) in [6, 6.07) is 9.75. The number of aromatic nitrogens is 3. The van der Waals surface area contributed by atoms with Gasteiger partial charge in [-0.3, -0.25) is 23.8 Å². The van der Waals surface area contributed by atoms with Gasteiger partial charge in [-0.1, -0.05) is 0 Å². The molecule has 0 atom stereocenters. The van der Waals surface area contributed by atoms with Gasteiger partial charge in [0.05, 0.1) is 23.3 Å². The maximum Gasteiger partial charge on any atom is 0.261 e. The maximum absolute atomic E-state index is 14.9. The van der Waals surface area contributed by atoms with E-state index >= 15 is 0 Å². The van der Waals surface area contributed by atoms with Gasteiger partial charge in [-0.15, -0.1) is 0 Å². The van der Waals surface area contributed by atoms with Gasteiger partial charge in [0.2, 0.25) is 11.8 Å². The Balaban J connectivity index is 0.000000782. The van der Waals surface area contributed by atoms with Gasteiger partial charge in [-0.2, -0.15) is 13.5 Å². The minimum Gasteiger partial charge on any atom is -0.454 e. The topological polar surface area (TPSA) is 153 Å². The second kappa shape index (κ2) is 12.2. The second-order valence-corrected chi connectivity index (χ2v) is 11.2. The number of amides is 2. The average molecular weight is 618 g/mol. The average Bonchev–Trinajstić information content (AvgIpc) is 3.66. The quantitative estimate of drug-likeness (QED) is 0.196. The number of hydrogen-bond acceptors (Lipinski definition) is 7. The monoisotopic (exact) mass is 617 g/mol. The van der Waals surface area contributed by atoms with E-state index in [4.69, 9.17) is 9.29 Å². The molecule has 1 fully saturated rings. The van der Waals surface area contributed by atoms with Crippen molar-refractivity contribution in [3.8, 4) is 22.8 Å². The van der Waals surface area contributed by atoms with Crippen LogP contribution in [-0.4, -0.2) is 45.8 Å². The molecular weight excluding hydrogens is 591 g/mol. The second-order valence-electron chi connectivity index (χ2n) is 9.77. The largest absolute Gasteiger partial charge is 0.454 e. The predicted molar refractivity (Wildman–Crippen MR) is 150 cm³/mol. The molecule has 2 aromatic heterocycles. The molecule has 43 heavy (non-hydrogen) atoms. The van der Waals surface area contributed by atoms with E-state index in [-0.39, 0.29) is 18.6 Å². The van der Waals surface area contributed by atoms with Crippen molar-refractivity contribution in [1.82, 2.24) is 14.8 Å². The zero-order valence-corrected chi connectivity index (χ0v) is 23.9. The molecule has 11 nitrogen and oxygen atoms in total. The van der Waals surface area contributed by atoms with Gasteiger partial charge < -0.3 is 15.4 Å². The third-order valence-electron chi connectivity index (χ3n) is 6.24. The molecule has 4 aromatic rings. The van der Waals surface area contributed by atoms with Crippen molar-refractivity contribution in [1.29, 1.82) is 0 Å². The van der Waals surface area contributed by atoms with Gasteiger partial charge in [0.15, 0.2) is 17.4 Å². The number of ether oxygens (including phenoxy) is 1. The molecule has 1 saturated carbocycles. The van der Waals surface area contributed by atoms with E-state index in [1.165, 1.54) is 36.5 Å². The van der Waals surface area contributed by atoms with Crippen molar-refractivity contribution < 1.29 is 40.5 Å². The summed E-state index contributed by atoms with van der Waals surface area (Å²) >= 11 is 0. The molecular formula is C28H26F3N5O6S. The zero-order chi connectivity index (χ0) is 31.5. The summed E-state index contributed by atoms with van der Waals surface area (Å²) in [5.41, 5.74) is 0.514. The fourth-order valence-electron chi connectivity index (χ4n) is 4.01. The number of carbonyl (C=O) groups is 2. The minimum atomic E-state index is -3.67. The SMILES string of the molecule is CS(=O)(=O)O.Cc1nn(C)cc1-c1cc(Oc2cc(F)c(NC(=O)C3(C(=O)Nc4ccc(F)cc4)CC3)cc2F)ccn1. The Labute approximate surface area is 244 Å². The number of carbonyl (C=O) groups excluding carboxylic acids is 2. The van der Waals surface area contributed by atoms with Crippen LogP contribution in [0.3, 0.4) is 0 Å². The number of benzene rings is 2. The Morgan fingerprint density at radius 3 is 2.21 bits per heavy atom. The van der Waals surface area contributed by atoms with Crippen LogP contribution >= 0.6 is 0 Å². The van der Waals surface area contributed by atoms with Crippen LogP contribution in [0.5, 0.6) is 11.5 Å². The highest BCUT2D eigenvalue weighted by Crippen LogP contribution is 2.48. The molecule has 226 valence electrons. The molecule has 2 heterocycles. The van der Waals surface area contributed by atoms with Crippen molar-refractivity contribution in [2.24, 2.45) is 12.5 Å². The minimum absolute atomic E-state index is 0.225. The van der Waals surface area contributed by atoms with Crippen molar-refractivity contribution in [2.75, 3.05) is 16.9 Å². The Morgan fingerprint density at radius 1 is 1.00 bits per heavy atom. The van der Waals surface area contributed by atoms with E-state index < -0.39 is 56.2 Å². The lowest BCUT2D eigenvalue weighted by atomic mass is 10.0. The van der Waals surface area contributed by atoms with Crippen LogP contribution in [0.15, 0.2) is 60.9 Å². The van der Waals surface area contributed by atoms with E-state index in [2.05, 4.69) is 20.7 Å². The first kappa shape index (κ1) is 31.2. The molecule has 1 aliphatic rings. The lowest BCUT2D eigenvalue weighted by Gasteiger charge is -2.16. The normalized spacial score (nSPS) is 13.4. The molecule has 3 N–H and O–H groups in total. The highest BCUT2D eigenvalue weighted by Gasteiger charge is 2.56. The van der Waals surface area contributed by atoms with Gasteiger partial charge in [0, 0.05) is 48.9 Å². The van der Waals surface area contributed by atoms with Crippen LogP contribution in [-0.2, 0) is 26.8 Å². The van der Waals surface area contributed by atoms with Crippen molar-refractivity contribution >= 4 is 33.3 Å². The summed E-state index contributed by atoms with van der Waals surface area (Å²) in [5, 5.41) is 9.14. The molecule has 1 aliphatic carbocycles. The van der Waals surface area contributed by atoms with Gasteiger partial charge >= 0.3 is 0 Å². The van der Waals surface area contributed by atoms with Crippen molar-refractivity contribution in [3.63, 3.8) is 0 Å². The molecule has 2 aromatic carbocycles. The van der Waals surface area contributed by atoms with E-state index in [1.807, 2.05) is 6.92 Å². The van der Waals surface area contributed by atoms with Gasteiger partial charge in [-0.05, 0) is 50.1 Å². The maximum atomic E-state index is 14.9. The van der Waals surface area contributed by atoms with E-state index in [1.54, 1.807) is 24.0 Å². The van der Waals surface area contributed by atoms with Crippen molar-refractivity contribution in [3.05, 3.63) is 84.1 Å². The van der Waals surface area contributed by atoms with Crippen LogP contribution < -0.4 is 15.4 Å². The van der Waals surface area contributed by atoms with Crippen LogP contribution in [0.25, 0.3) is 11.3 Å². The summed E-state index contributed by atoms with van der Waals surface area (Å²) in [4.78, 5) is 29.9. The van der Waals surface area contributed by atoms with Crippen LogP contribution in [0.1, 0.15) is 18.5 Å². The fourth-order valence-corrected chi connectivity index (χ4v) is 4.01. The molecule has 0 unspecified atom stereocenters. The molecule has 0 saturated heterocycles. The number of nitrogens with one attached hydrogen (secondary N) is 2. The predicted octanol–water partition coefficient (Wildman–Crippen LogP) is 4.86. The summed E-state index contributed by atoms with van der Waals surface area (Å²) in [7, 11) is -1.89. The third kappa shape index (κ3) is 7.96. The number of aryl methyl sites for hydroxylation is 2. The third-order valence-corrected chi connectivity index (χ3v) is 6.24. The van der Waals surface area contributed by atoms with Crippen LogP contribution in [0.2, 0.25) is 0 Å². The molecule has 0 spiro atoms. The van der Waals surface area contributed by atoms with Gasteiger partial charge in [0.25, 0.3) is 10.1 Å². The van der Waals surface area contributed by atoms with Gasteiger partial charge in [-0.25, -0.2) is 13.2 Å². The van der Waals surface area contributed by atoms with Crippen molar-refractivity contribution in [2.45, 2.75) is 19.8 Å². The van der Waals surface area contributed by atoms with E-state index in [9.17, 15) is 31.2 Å². The highest BCUT2D eigenvalue weighted by atomic mass is 32.2.